The average molecular weight is 196 g/mol. The van der Waals surface area contributed by atoms with Crippen molar-refractivity contribution in [2.24, 2.45) is 11.5 Å². The van der Waals surface area contributed by atoms with Crippen LogP contribution in [-0.2, 0) is 4.79 Å². The van der Waals surface area contributed by atoms with Crippen LogP contribution in [0.25, 0.3) is 0 Å². The van der Waals surface area contributed by atoms with Crippen LogP contribution in [0.5, 0.6) is 0 Å². The summed E-state index contributed by atoms with van der Waals surface area (Å²) in [6.45, 7) is 4.19. The molecule has 2 unspecified atom stereocenters. The molecule has 0 saturated carbocycles. The number of amides is 1. The molecule has 1 amide bonds. The van der Waals surface area contributed by atoms with Crippen LogP contribution in [0.1, 0.15) is 20.3 Å². The van der Waals surface area contributed by atoms with Crippen molar-refractivity contribution in [1.82, 2.24) is 5.32 Å². The summed E-state index contributed by atoms with van der Waals surface area (Å²) in [5.41, 5.74) is 10.9. The Morgan fingerprint density at radius 2 is 2.00 bits per heavy atom. The standard InChI is InChI=1S/C7H17N3O.ClH/c1-3-6(9)7(11)10-4-5(2)8;/h5-6H,3-4,8-9H2,1-2H3,(H,10,11);1H. The summed E-state index contributed by atoms with van der Waals surface area (Å²) in [4.78, 5) is 11.0. The average Bonchev–Trinajstić information content (AvgIpc) is 1.98. The molecular formula is C7H18ClN3O. The van der Waals surface area contributed by atoms with E-state index in [2.05, 4.69) is 5.32 Å². The lowest BCUT2D eigenvalue weighted by Gasteiger charge is -2.11. The summed E-state index contributed by atoms with van der Waals surface area (Å²) in [5, 5.41) is 2.64. The van der Waals surface area contributed by atoms with Gasteiger partial charge in [0.25, 0.3) is 0 Å². The molecule has 4 nitrogen and oxygen atoms in total. The number of rotatable bonds is 4. The van der Waals surface area contributed by atoms with Gasteiger partial charge >= 0.3 is 0 Å². The fraction of sp³-hybridized carbons (Fsp3) is 0.857. The summed E-state index contributed by atoms with van der Waals surface area (Å²) in [5.74, 6) is -0.121. The van der Waals surface area contributed by atoms with Crippen LogP contribution >= 0.6 is 12.4 Å². The largest absolute Gasteiger partial charge is 0.353 e. The quantitative estimate of drug-likeness (QED) is 0.572. The number of carbonyl (C=O) groups excluding carboxylic acids is 1. The molecule has 5 N–H and O–H groups in total. The predicted octanol–water partition coefficient (Wildman–Crippen LogP) is -0.391. The molecule has 0 saturated heterocycles. The molecule has 0 aliphatic heterocycles. The maximum Gasteiger partial charge on any atom is 0.236 e. The van der Waals surface area contributed by atoms with Gasteiger partial charge in [0.2, 0.25) is 5.91 Å². The molecule has 0 rings (SSSR count). The Hall–Kier alpha value is -0.320. The Labute approximate surface area is 79.5 Å². The first-order valence-electron chi connectivity index (χ1n) is 3.86. The third-order valence-corrected chi connectivity index (χ3v) is 1.37. The Morgan fingerprint density at radius 3 is 2.33 bits per heavy atom. The molecule has 0 aromatic rings. The smallest absolute Gasteiger partial charge is 0.236 e. The van der Waals surface area contributed by atoms with Crippen LogP contribution in [0, 0.1) is 0 Å². The van der Waals surface area contributed by atoms with Crippen molar-refractivity contribution >= 4 is 18.3 Å². The number of nitrogens with two attached hydrogens (primary N) is 2. The zero-order chi connectivity index (χ0) is 8.85. The molecule has 0 aliphatic carbocycles. The van der Waals surface area contributed by atoms with E-state index in [0.29, 0.717) is 13.0 Å². The zero-order valence-corrected chi connectivity index (χ0v) is 8.36. The molecule has 2 atom stereocenters. The van der Waals surface area contributed by atoms with E-state index in [1.807, 2.05) is 13.8 Å². The number of halogens is 1. The highest BCUT2D eigenvalue weighted by Crippen LogP contribution is 1.84. The molecule has 0 radical (unpaired) electrons. The lowest BCUT2D eigenvalue weighted by atomic mass is 10.2. The minimum Gasteiger partial charge on any atom is -0.353 e. The predicted molar refractivity (Wildman–Crippen MR) is 52.2 cm³/mol. The first-order chi connectivity index (χ1) is 5.07. The molecule has 0 fully saturated rings. The van der Waals surface area contributed by atoms with Gasteiger partial charge in [-0.2, -0.15) is 0 Å². The van der Waals surface area contributed by atoms with E-state index in [-0.39, 0.29) is 24.4 Å². The van der Waals surface area contributed by atoms with Gasteiger partial charge in [-0.05, 0) is 13.3 Å². The van der Waals surface area contributed by atoms with Gasteiger partial charge in [0.05, 0.1) is 6.04 Å². The van der Waals surface area contributed by atoms with Crippen molar-refractivity contribution in [2.75, 3.05) is 6.54 Å². The minimum absolute atomic E-state index is 0. The van der Waals surface area contributed by atoms with Crippen LogP contribution in [-0.4, -0.2) is 24.5 Å². The van der Waals surface area contributed by atoms with E-state index in [1.165, 1.54) is 0 Å². The van der Waals surface area contributed by atoms with Gasteiger partial charge in [-0.1, -0.05) is 6.92 Å². The van der Waals surface area contributed by atoms with Crippen molar-refractivity contribution in [2.45, 2.75) is 32.4 Å². The third-order valence-electron chi connectivity index (χ3n) is 1.37. The first kappa shape index (κ1) is 14.2. The molecule has 0 bridgehead atoms. The van der Waals surface area contributed by atoms with E-state index in [0.717, 1.165) is 0 Å². The molecule has 5 heteroatoms. The first-order valence-corrected chi connectivity index (χ1v) is 3.86. The minimum atomic E-state index is -0.395. The summed E-state index contributed by atoms with van der Waals surface area (Å²) in [7, 11) is 0. The Morgan fingerprint density at radius 1 is 1.50 bits per heavy atom. The molecule has 12 heavy (non-hydrogen) atoms. The maximum atomic E-state index is 11.0. The van der Waals surface area contributed by atoms with Crippen molar-refractivity contribution in [3.8, 4) is 0 Å². The normalized spacial score (nSPS) is 14.3. The number of hydrogen-bond donors (Lipinski definition) is 3. The topological polar surface area (TPSA) is 81.1 Å². The lowest BCUT2D eigenvalue weighted by molar-refractivity contribution is -0.122. The van der Waals surface area contributed by atoms with Crippen molar-refractivity contribution < 1.29 is 4.79 Å². The maximum absolute atomic E-state index is 11.0. The molecule has 0 aromatic heterocycles. The summed E-state index contributed by atoms with van der Waals surface area (Å²) < 4.78 is 0. The number of hydrogen-bond acceptors (Lipinski definition) is 3. The summed E-state index contributed by atoms with van der Waals surface area (Å²) in [6, 6.07) is -0.406. The van der Waals surface area contributed by atoms with Gasteiger partial charge in [0, 0.05) is 12.6 Å². The van der Waals surface area contributed by atoms with Crippen LogP contribution in [0.4, 0.5) is 0 Å². The van der Waals surface area contributed by atoms with Crippen LogP contribution in [0.15, 0.2) is 0 Å². The molecule has 0 spiro atoms. The molecule has 0 heterocycles. The molecule has 74 valence electrons. The Balaban J connectivity index is 0. The highest BCUT2D eigenvalue weighted by atomic mass is 35.5. The fourth-order valence-electron chi connectivity index (χ4n) is 0.578. The second-order valence-electron chi connectivity index (χ2n) is 2.74. The van der Waals surface area contributed by atoms with Gasteiger partial charge in [0.1, 0.15) is 0 Å². The van der Waals surface area contributed by atoms with Crippen LogP contribution in [0.3, 0.4) is 0 Å². The third kappa shape index (κ3) is 6.39. The fourth-order valence-corrected chi connectivity index (χ4v) is 0.578. The zero-order valence-electron chi connectivity index (χ0n) is 7.54. The van der Waals surface area contributed by atoms with E-state index in [4.69, 9.17) is 11.5 Å². The molecular weight excluding hydrogens is 178 g/mol. The number of nitrogens with one attached hydrogen (secondary N) is 1. The Bertz CT molecular complexity index is 130. The van der Waals surface area contributed by atoms with E-state index >= 15 is 0 Å². The highest BCUT2D eigenvalue weighted by Gasteiger charge is 2.09. The van der Waals surface area contributed by atoms with E-state index < -0.39 is 6.04 Å². The van der Waals surface area contributed by atoms with E-state index in [9.17, 15) is 4.79 Å². The highest BCUT2D eigenvalue weighted by molar-refractivity contribution is 5.85. The SMILES string of the molecule is CCC(N)C(=O)NCC(C)N.Cl. The van der Waals surface area contributed by atoms with Gasteiger partial charge in [0.15, 0.2) is 0 Å². The van der Waals surface area contributed by atoms with Gasteiger partial charge in [-0.25, -0.2) is 0 Å². The van der Waals surface area contributed by atoms with Crippen molar-refractivity contribution in [3.63, 3.8) is 0 Å². The van der Waals surface area contributed by atoms with Gasteiger partial charge in [-0.3, -0.25) is 4.79 Å². The lowest BCUT2D eigenvalue weighted by Crippen LogP contribution is -2.44. The summed E-state index contributed by atoms with van der Waals surface area (Å²) >= 11 is 0. The van der Waals surface area contributed by atoms with Crippen molar-refractivity contribution in [1.29, 1.82) is 0 Å². The number of carbonyl (C=O) groups is 1. The summed E-state index contributed by atoms with van der Waals surface area (Å²) in [6.07, 6.45) is 0.658. The van der Waals surface area contributed by atoms with Crippen LogP contribution < -0.4 is 16.8 Å². The van der Waals surface area contributed by atoms with Crippen molar-refractivity contribution in [3.05, 3.63) is 0 Å². The van der Waals surface area contributed by atoms with Gasteiger partial charge in [-0.15, -0.1) is 12.4 Å². The molecule has 0 aliphatic rings. The van der Waals surface area contributed by atoms with E-state index in [1.54, 1.807) is 0 Å². The monoisotopic (exact) mass is 195 g/mol. The second-order valence-corrected chi connectivity index (χ2v) is 2.74. The van der Waals surface area contributed by atoms with Gasteiger partial charge < -0.3 is 16.8 Å². The second kappa shape index (κ2) is 7.34. The Kier molecular flexibility index (Phi) is 8.69. The van der Waals surface area contributed by atoms with Crippen LogP contribution in [0.2, 0.25) is 0 Å². The molecule has 0 aromatic carbocycles.